The van der Waals surface area contributed by atoms with Crippen LogP contribution in [0.4, 0.5) is 15.5 Å². The minimum atomic E-state index is -0.400. The van der Waals surface area contributed by atoms with Crippen LogP contribution in [0.2, 0.25) is 0 Å². The van der Waals surface area contributed by atoms with Crippen LogP contribution in [0.1, 0.15) is 19.8 Å². The predicted molar refractivity (Wildman–Crippen MR) is 73.6 cm³/mol. The van der Waals surface area contributed by atoms with Gasteiger partial charge in [0.05, 0.1) is 0 Å². The first-order valence-corrected chi connectivity index (χ1v) is 6.97. The molecular weight excluding hydrogens is 265 g/mol. The molecule has 7 heteroatoms. The maximum atomic E-state index is 13.6. The van der Waals surface area contributed by atoms with Crippen LogP contribution in [0.3, 0.4) is 0 Å². The lowest BCUT2D eigenvalue weighted by molar-refractivity contribution is 0.657. The second-order valence-electron chi connectivity index (χ2n) is 4.63. The number of nitrogens with zero attached hydrogens (tertiary/aromatic N) is 4. The zero-order chi connectivity index (χ0) is 13.4. The van der Waals surface area contributed by atoms with Crippen LogP contribution in [-0.4, -0.2) is 27.5 Å². The molecule has 0 aromatic carbocycles. The first kappa shape index (κ1) is 12.3. The van der Waals surface area contributed by atoms with E-state index in [9.17, 15) is 4.39 Å². The second kappa shape index (κ2) is 4.73. The lowest BCUT2D eigenvalue weighted by atomic mass is 10.2. The van der Waals surface area contributed by atoms with E-state index in [1.165, 1.54) is 0 Å². The fraction of sp³-hybridized carbons (Fsp3) is 0.417. The molecule has 2 aromatic heterocycles. The van der Waals surface area contributed by atoms with Crippen molar-refractivity contribution >= 4 is 22.4 Å². The normalized spacial score (nSPS) is 19.1. The summed E-state index contributed by atoms with van der Waals surface area (Å²) >= 11 is 0.828. The molecule has 0 radical (unpaired) electrons. The maximum absolute atomic E-state index is 13.6. The molecule has 3 rings (SSSR count). The van der Waals surface area contributed by atoms with Gasteiger partial charge in [-0.15, -0.1) is 0 Å². The van der Waals surface area contributed by atoms with Crippen LogP contribution in [0.25, 0.3) is 11.3 Å². The van der Waals surface area contributed by atoms with E-state index in [0.29, 0.717) is 17.6 Å². The van der Waals surface area contributed by atoms with Crippen molar-refractivity contribution in [2.24, 2.45) is 0 Å². The van der Waals surface area contributed by atoms with Gasteiger partial charge in [0, 0.05) is 30.5 Å². The van der Waals surface area contributed by atoms with Crippen molar-refractivity contribution in [3.8, 4) is 11.3 Å². The van der Waals surface area contributed by atoms with E-state index < -0.39 is 5.13 Å². The SMILES string of the molecule is C[C@H]1CCCN1c1ncc(-c2nc(N)sc2F)cn1. The van der Waals surface area contributed by atoms with Crippen LogP contribution in [0, 0.1) is 5.13 Å². The highest BCUT2D eigenvalue weighted by Crippen LogP contribution is 2.28. The van der Waals surface area contributed by atoms with E-state index in [0.717, 1.165) is 30.7 Å². The number of aromatic nitrogens is 3. The van der Waals surface area contributed by atoms with E-state index >= 15 is 0 Å². The van der Waals surface area contributed by atoms with Gasteiger partial charge in [0.25, 0.3) is 0 Å². The Morgan fingerprint density at radius 1 is 1.42 bits per heavy atom. The van der Waals surface area contributed by atoms with Crippen LogP contribution < -0.4 is 10.6 Å². The van der Waals surface area contributed by atoms with Crippen molar-refractivity contribution in [2.75, 3.05) is 17.2 Å². The molecule has 2 aromatic rings. The highest BCUT2D eigenvalue weighted by Gasteiger charge is 2.22. The number of rotatable bonds is 2. The summed E-state index contributed by atoms with van der Waals surface area (Å²) in [4.78, 5) is 14.7. The fourth-order valence-electron chi connectivity index (χ4n) is 2.32. The number of thiazole rings is 1. The van der Waals surface area contributed by atoms with Gasteiger partial charge in [0.2, 0.25) is 11.1 Å². The molecule has 19 heavy (non-hydrogen) atoms. The average Bonchev–Trinajstić information content (AvgIpc) is 2.96. The quantitative estimate of drug-likeness (QED) is 0.913. The van der Waals surface area contributed by atoms with Crippen molar-refractivity contribution in [2.45, 2.75) is 25.8 Å². The van der Waals surface area contributed by atoms with Gasteiger partial charge in [0.15, 0.2) is 5.13 Å². The van der Waals surface area contributed by atoms with Gasteiger partial charge in [-0.1, -0.05) is 11.3 Å². The fourth-order valence-corrected chi connectivity index (χ4v) is 2.90. The minimum absolute atomic E-state index is 0.213. The van der Waals surface area contributed by atoms with Crippen LogP contribution in [-0.2, 0) is 0 Å². The molecule has 0 aliphatic carbocycles. The topological polar surface area (TPSA) is 67.9 Å². The molecule has 1 atom stereocenters. The molecule has 0 spiro atoms. The van der Waals surface area contributed by atoms with Crippen molar-refractivity contribution in [3.05, 3.63) is 17.5 Å². The third-order valence-corrected chi connectivity index (χ3v) is 4.00. The molecule has 3 heterocycles. The highest BCUT2D eigenvalue weighted by molar-refractivity contribution is 7.14. The summed E-state index contributed by atoms with van der Waals surface area (Å²) in [5, 5.41) is -0.187. The van der Waals surface area contributed by atoms with Crippen LogP contribution in [0.15, 0.2) is 12.4 Å². The Morgan fingerprint density at radius 3 is 2.68 bits per heavy atom. The van der Waals surface area contributed by atoms with Gasteiger partial charge in [-0.2, -0.15) is 4.39 Å². The zero-order valence-corrected chi connectivity index (χ0v) is 11.3. The van der Waals surface area contributed by atoms with E-state index in [2.05, 4.69) is 26.8 Å². The van der Waals surface area contributed by atoms with Gasteiger partial charge in [-0.05, 0) is 19.8 Å². The van der Waals surface area contributed by atoms with Crippen molar-refractivity contribution in [1.29, 1.82) is 0 Å². The molecule has 5 nitrogen and oxygen atoms in total. The summed E-state index contributed by atoms with van der Waals surface area (Å²) < 4.78 is 13.6. The van der Waals surface area contributed by atoms with E-state index in [1.54, 1.807) is 12.4 Å². The van der Waals surface area contributed by atoms with Gasteiger partial charge < -0.3 is 10.6 Å². The number of nitrogens with two attached hydrogens (primary N) is 1. The molecular formula is C12H14FN5S. The molecule has 1 aliphatic rings. The Kier molecular flexibility index (Phi) is 3.06. The summed E-state index contributed by atoms with van der Waals surface area (Å²) in [7, 11) is 0. The third kappa shape index (κ3) is 2.25. The lowest BCUT2D eigenvalue weighted by Crippen LogP contribution is -2.28. The van der Waals surface area contributed by atoms with Gasteiger partial charge in [0.1, 0.15) is 5.69 Å². The monoisotopic (exact) mass is 279 g/mol. The van der Waals surface area contributed by atoms with E-state index in [-0.39, 0.29) is 10.8 Å². The minimum Gasteiger partial charge on any atom is -0.375 e. The number of anilines is 2. The zero-order valence-electron chi connectivity index (χ0n) is 10.5. The standard InChI is InChI=1S/C12H14FN5S/c1-7-3-2-4-18(7)12-15-5-8(6-16-12)9-10(13)19-11(14)17-9/h5-7H,2-4H2,1H3,(H2,14,17)/t7-/m0/s1. The summed E-state index contributed by atoms with van der Waals surface area (Å²) in [6.45, 7) is 3.13. The second-order valence-corrected chi connectivity index (χ2v) is 5.61. The molecule has 0 unspecified atom stereocenters. The average molecular weight is 279 g/mol. The maximum Gasteiger partial charge on any atom is 0.225 e. The molecule has 0 amide bonds. The summed E-state index contributed by atoms with van der Waals surface area (Å²) in [6.07, 6.45) is 5.52. The molecule has 1 fully saturated rings. The Bertz CT molecular complexity index is 582. The number of hydrogen-bond donors (Lipinski definition) is 1. The third-order valence-electron chi connectivity index (χ3n) is 3.32. The van der Waals surface area contributed by atoms with Gasteiger partial charge in [-0.25, -0.2) is 15.0 Å². The molecule has 0 saturated carbocycles. The Balaban J connectivity index is 1.88. The first-order valence-electron chi connectivity index (χ1n) is 6.16. The van der Waals surface area contributed by atoms with Crippen LogP contribution >= 0.6 is 11.3 Å². The summed E-state index contributed by atoms with van der Waals surface area (Å²) in [5.74, 6) is 0.692. The Labute approximate surface area is 114 Å². The Hall–Kier alpha value is -1.76. The molecule has 2 N–H and O–H groups in total. The number of nitrogen functional groups attached to an aromatic ring is 1. The van der Waals surface area contributed by atoms with Gasteiger partial charge >= 0.3 is 0 Å². The highest BCUT2D eigenvalue weighted by atomic mass is 32.1. The van der Waals surface area contributed by atoms with Crippen molar-refractivity contribution in [3.63, 3.8) is 0 Å². The smallest absolute Gasteiger partial charge is 0.225 e. The summed E-state index contributed by atoms with van der Waals surface area (Å²) in [5.41, 5.74) is 6.26. The number of hydrogen-bond acceptors (Lipinski definition) is 6. The van der Waals surface area contributed by atoms with E-state index in [1.807, 2.05) is 0 Å². The lowest BCUT2D eigenvalue weighted by Gasteiger charge is -2.20. The molecule has 1 aliphatic heterocycles. The predicted octanol–water partition coefficient (Wildman–Crippen LogP) is 2.31. The Morgan fingerprint density at radius 2 is 2.16 bits per heavy atom. The molecule has 100 valence electrons. The first-order chi connectivity index (χ1) is 9.15. The molecule has 1 saturated heterocycles. The van der Waals surface area contributed by atoms with E-state index in [4.69, 9.17) is 5.73 Å². The number of halogens is 1. The van der Waals surface area contributed by atoms with Crippen LogP contribution in [0.5, 0.6) is 0 Å². The van der Waals surface area contributed by atoms with Crippen molar-refractivity contribution < 1.29 is 4.39 Å². The summed E-state index contributed by atoms with van der Waals surface area (Å²) in [6, 6.07) is 0.456. The largest absolute Gasteiger partial charge is 0.375 e. The molecule has 0 bridgehead atoms. The van der Waals surface area contributed by atoms with Crippen molar-refractivity contribution in [1.82, 2.24) is 15.0 Å². The van der Waals surface area contributed by atoms with Gasteiger partial charge in [-0.3, -0.25) is 0 Å².